The van der Waals surface area contributed by atoms with E-state index in [-0.39, 0.29) is 0 Å². The smallest absolute Gasteiger partial charge is 0.184 e. The van der Waals surface area contributed by atoms with Crippen LogP contribution in [-0.4, -0.2) is 13.7 Å². The molecule has 1 atom stereocenters. The Morgan fingerprint density at radius 3 is 2.40 bits per heavy atom. The third-order valence-electron chi connectivity index (χ3n) is 2.20. The third-order valence-corrected chi connectivity index (χ3v) is 4.27. The van der Waals surface area contributed by atoms with E-state index in [1.165, 1.54) is 0 Å². The maximum atomic E-state index is 12.0. The van der Waals surface area contributed by atoms with Gasteiger partial charge >= 0.3 is 0 Å². The average Bonchev–Trinajstić information content (AvgIpc) is 2.27. The minimum Gasteiger partial charge on any atom is -0.223 e. The molecule has 2 nitrogen and oxygen atoms in total. The van der Waals surface area contributed by atoms with E-state index in [2.05, 4.69) is 0 Å². The third kappa shape index (κ3) is 2.93. The lowest BCUT2D eigenvalue weighted by molar-refractivity contribution is 0.591. The quantitative estimate of drug-likeness (QED) is 0.737. The van der Waals surface area contributed by atoms with Gasteiger partial charge in [0.2, 0.25) is 0 Å². The predicted molar refractivity (Wildman–Crippen MR) is 62.5 cm³/mol. The van der Waals surface area contributed by atoms with Gasteiger partial charge in [0.1, 0.15) is 0 Å². The van der Waals surface area contributed by atoms with Crippen LogP contribution in [0.25, 0.3) is 0 Å². The number of hydrogen-bond donors (Lipinski definition) is 0. The van der Waals surface area contributed by atoms with Crippen LogP contribution >= 0.6 is 0 Å². The summed E-state index contributed by atoms with van der Waals surface area (Å²) in [6, 6.07) is 8.55. The second-order valence-corrected chi connectivity index (χ2v) is 5.70. The van der Waals surface area contributed by atoms with Crippen LogP contribution in [-0.2, 0) is 9.84 Å². The Labute approximate surface area is 91.6 Å². The Morgan fingerprint density at radius 2 is 1.87 bits per heavy atom. The zero-order chi connectivity index (χ0) is 11.3. The first kappa shape index (κ1) is 12.0. The second-order valence-electron chi connectivity index (χ2n) is 3.40. The summed E-state index contributed by atoms with van der Waals surface area (Å²) in [5, 5.41) is -0.458. The zero-order valence-electron chi connectivity index (χ0n) is 9.05. The molecule has 15 heavy (non-hydrogen) atoms. The van der Waals surface area contributed by atoms with Crippen molar-refractivity contribution >= 4 is 9.84 Å². The van der Waals surface area contributed by atoms with E-state index in [9.17, 15) is 8.42 Å². The molecule has 1 unspecified atom stereocenters. The molecule has 0 spiro atoms. The second kappa shape index (κ2) is 5.12. The molecule has 82 valence electrons. The fourth-order valence-electron chi connectivity index (χ4n) is 1.26. The van der Waals surface area contributed by atoms with Gasteiger partial charge in [-0.1, -0.05) is 37.3 Å². The zero-order valence-corrected chi connectivity index (χ0v) is 9.87. The van der Waals surface area contributed by atoms with Crippen LogP contribution < -0.4 is 0 Å². The van der Waals surface area contributed by atoms with Crippen molar-refractivity contribution in [3.63, 3.8) is 0 Å². The summed E-state index contributed by atoms with van der Waals surface area (Å²) in [5.74, 6) is 0. The molecule has 0 aliphatic carbocycles. The van der Waals surface area contributed by atoms with Gasteiger partial charge in [0.25, 0.3) is 0 Å². The van der Waals surface area contributed by atoms with Gasteiger partial charge in [-0.25, -0.2) is 8.42 Å². The fraction of sp³-hybridized carbons (Fsp3) is 0.333. The Bertz CT molecular complexity index is 418. The van der Waals surface area contributed by atoms with Crippen LogP contribution in [0.2, 0.25) is 0 Å². The highest BCUT2D eigenvalue weighted by Crippen LogP contribution is 2.16. The summed E-state index contributed by atoms with van der Waals surface area (Å²) in [7, 11) is -3.20. The van der Waals surface area contributed by atoms with Crippen molar-refractivity contribution in [2.45, 2.75) is 30.4 Å². The molecule has 0 bridgehead atoms. The van der Waals surface area contributed by atoms with Crippen molar-refractivity contribution in [2.75, 3.05) is 0 Å². The molecule has 0 radical (unpaired) electrons. The Balaban J connectivity index is 2.99. The number of allylic oxidation sites excluding steroid dienone is 1. The van der Waals surface area contributed by atoms with Crippen molar-refractivity contribution in [1.82, 2.24) is 0 Å². The molecule has 0 saturated carbocycles. The van der Waals surface area contributed by atoms with Gasteiger partial charge in [-0.3, -0.25) is 0 Å². The summed E-state index contributed by atoms with van der Waals surface area (Å²) in [6.45, 7) is 3.69. The van der Waals surface area contributed by atoms with Crippen LogP contribution in [0.4, 0.5) is 0 Å². The number of sulfone groups is 1. The molecule has 0 aromatic heterocycles. The molecule has 0 saturated heterocycles. The van der Waals surface area contributed by atoms with E-state index in [1.54, 1.807) is 37.3 Å². The first-order valence-corrected chi connectivity index (χ1v) is 6.59. The van der Waals surface area contributed by atoms with E-state index in [1.807, 2.05) is 19.1 Å². The van der Waals surface area contributed by atoms with Crippen LogP contribution in [0.3, 0.4) is 0 Å². The Hall–Kier alpha value is -1.09. The summed E-state index contributed by atoms with van der Waals surface area (Å²) < 4.78 is 24.0. The van der Waals surface area contributed by atoms with Gasteiger partial charge in [0, 0.05) is 0 Å². The van der Waals surface area contributed by atoms with Gasteiger partial charge in [-0.05, 0) is 25.5 Å². The molecule has 1 rings (SSSR count). The topological polar surface area (TPSA) is 34.1 Å². The normalized spacial score (nSPS) is 14.3. The first-order valence-electron chi connectivity index (χ1n) is 5.04. The molecule has 3 heteroatoms. The van der Waals surface area contributed by atoms with Crippen LogP contribution in [0.1, 0.15) is 20.3 Å². The predicted octanol–water partition coefficient (Wildman–Crippen LogP) is 2.82. The lowest BCUT2D eigenvalue weighted by atomic mass is 10.3. The van der Waals surface area contributed by atoms with Gasteiger partial charge in [0.05, 0.1) is 10.1 Å². The molecule has 1 aromatic rings. The molecular weight excluding hydrogens is 208 g/mol. The molecule has 0 heterocycles. The maximum absolute atomic E-state index is 12.0. The number of rotatable bonds is 4. The van der Waals surface area contributed by atoms with Crippen molar-refractivity contribution in [2.24, 2.45) is 0 Å². The molecule has 1 aromatic carbocycles. The van der Waals surface area contributed by atoms with E-state index in [0.717, 1.165) is 6.42 Å². The Morgan fingerprint density at radius 1 is 1.27 bits per heavy atom. The number of benzene rings is 1. The van der Waals surface area contributed by atoms with Crippen molar-refractivity contribution < 1.29 is 8.42 Å². The lowest BCUT2D eigenvalue weighted by Gasteiger charge is -2.08. The lowest BCUT2D eigenvalue weighted by Crippen LogP contribution is -2.15. The number of hydrogen-bond acceptors (Lipinski definition) is 2. The fourth-order valence-corrected chi connectivity index (χ4v) is 2.54. The van der Waals surface area contributed by atoms with Crippen molar-refractivity contribution in [3.05, 3.63) is 42.5 Å². The van der Waals surface area contributed by atoms with E-state index < -0.39 is 15.1 Å². The first-order chi connectivity index (χ1) is 7.09. The van der Waals surface area contributed by atoms with Gasteiger partial charge < -0.3 is 0 Å². The van der Waals surface area contributed by atoms with Crippen LogP contribution in [0.15, 0.2) is 47.4 Å². The molecule has 0 aliphatic rings. The summed E-state index contributed by atoms with van der Waals surface area (Å²) in [6.07, 6.45) is 4.47. The van der Waals surface area contributed by atoms with Gasteiger partial charge in [-0.2, -0.15) is 0 Å². The molecule has 0 N–H and O–H groups in total. The molecular formula is C12H16O2S. The minimum atomic E-state index is -3.20. The monoisotopic (exact) mass is 224 g/mol. The van der Waals surface area contributed by atoms with E-state index >= 15 is 0 Å². The molecule has 0 aliphatic heterocycles. The van der Waals surface area contributed by atoms with Gasteiger partial charge in [0.15, 0.2) is 9.84 Å². The average molecular weight is 224 g/mol. The van der Waals surface area contributed by atoms with E-state index in [0.29, 0.717) is 4.90 Å². The Kier molecular flexibility index (Phi) is 4.09. The highest BCUT2D eigenvalue weighted by atomic mass is 32.2. The van der Waals surface area contributed by atoms with Gasteiger partial charge in [-0.15, -0.1) is 0 Å². The molecule has 0 amide bonds. The summed E-state index contributed by atoms with van der Waals surface area (Å²) in [5.41, 5.74) is 0. The van der Waals surface area contributed by atoms with Crippen LogP contribution in [0, 0.1) is 0 Å². The van der Waals surface area contributed by atoms with Crippen molar-refractivity contribution in [1.29, 1.82) is 0 Å². The highest BCUT2D eigenvalue weighted by molar-refractivity contribution is 7.92. The largest absolute Gasteiger partial charge is 0.223 e. The highest BCUT2D eigenvalue weighted by Gasteiger charge is 2.19. The van der Waals surface area contributed by atoms with E-state index in [4.69, 9.17) is 0 Å². The maximum Gasteiger partial charge on any atom is 0.184 e. The minimum absolute atomic E-state index is 0.387. The molecule has 0 fully saturated rings. The van der Waals surface area contributed by atoms with Crippen molar-refractivity contribution in [3.8, 4) is 0 Å². The standard InChI is InChI=1S/C12H16O2S/c1-3-4-8-11(2)15(13,14)12-9-6-5-7-10-12/h4-11H,3H2,1-2H3/b8-4+. The summed E-state index contributed by atoms with van der Waals surface area (Å²) >= 11 is 0. The van der Waals surface area contributed by atoms with Crippen LogP contribution in [0.5, 0.6) is 0 Å². The summed E-state index contributed by atoms with van der Waals surface area (Å²) in [4.78, 5) is 0.387. The SMILES string of the molecule is CC/C=C/C(C)S(=O)(=O)c1ccccc1.